The van der Waals surface area contributed by atoms with E-state index >= 15 is 0 Å². The first-order valence-electron chi connectivity index (χ1n) is 12.0. The van der Waals surface area contributed by atoms with E-state index in [1.807, 2.05) is 0 Å². The van der Waals surface area contributed by atoms with Gasteiger partial charge in [0.1, 0.15) is 11.4 Å². The topological polar surface area (TPSA) is 94.4 Å². The fourth-order valence-electron chi connectivity index (χ4n) is 4.51. The van der Waals surface area contributed by atoms with Gasteiger partial charge in [-0.1, -0.05) is 41.4 Å². The van der Waals surface area contributed by atoms with Crippen LogP contribution in [0.2, 0.25) is 10.0 Å². The molecule has 0 spiro atoms. The number of halogens is 5. The highest BCUT2D eigenvalue weighted by Crippen LogP contribution is 2.36. The number of morpholine rings is 1. The number of benzene rings is 1. The molecule has 0 bridgehead atoms. The average molecular weight is 613 g/mol. The molecule has 3 aromatic heterocycles. The molecule has 210 valence electrons. The number of fused-ring (bicyclic) bond motifs is 1. The van der Waals surface area contributed by atoms with Gasteiger partial charge < -0.3 is 9.64 Å². The van der Waals surface area contributed by atoms with Gasteiger partial charge >= 0.3 is 6.18 Å². The van der Waals surface area contributed by atoms with Crippen molar-refractivity contribution < 1.29 is 31.1 Å². The van der Waals surface area contributed by atoms with Crippen LogP contribution < -0.4 is 0 Å². The zero-order chi connectivity index (χ0) is 28.8. The summed E-state index contributed by atoms with van der Waals surface area (Å²) in [7, 11) is -4.43. The van der Waals surface area contributed by atoms with Gasteiger partial charge in [0.15, 0.2) is 5.65 Å². The Kier molecular flexibility index (Phi) is 7.55. The quantitative estimate of drug-likeness (QED) is 0.301. The summed E-state index contributed by atoms with van der Waals surface area (Å²) in [6.45, 7) is 2.82. The summed E-state index contributed by atoms with van der Waals surface area (Å²) in [6.07, 6.45) is -3.82. The first-order chi connectivity index (χ1) is 18.9. The highest BCUT2D eigenvalue weighted by molar-refractivity contribution is 7.90. The van der Waals surface area contributed by atoms with Crippen molar-refractivity contribution in [1.29, 1.82) is 0 Å². The van der Waals surface area contributed by atoms with Gasteiger partial charge in [0, 0.05) is 36.8 Å². The molecule has 1 aliphatic heterocycles. The van der Waals surface area contributed by atoms with Crippen molar-refractivity contribution in [3.63, 3.8) is 0 Å². The summed E-state index contributed by atoms with van der Waals surface area (Å²) >= 11 is 13.1. The lowest BCUT2D eigenvalue weighted by molar-refractivity contribution is -0.141. The molecule has 14 heteroatoms. The van der Waals surface area contributed by atoms with Crippen LogP contribution in [0, 0.1) is 6.92 Å². The van der Waals surface area contributed by atoms with Crippen LogP contribution >= 0.6 is 23.2 Å². The van der Waals surface area contributed by atoms with E-state index in [0.29, 0.717) is 26.3 Å². The maximum atomic E-state index is 13.8. The summed E-state index contributed by atoms with van der Waals surface area (Å²) in [5.74, 6) is -0.448. The maximum absolute atomic E-state index is 13.8. The van der Waals surface area contributed by atoms with Crippen LogP contribution in [0.15, 0.2) is 53.6 Å². The summed E-state index contributed by atoms with van der Waals surface area (Å²) < 4.78 is 74.7. The van der Waals surface area contributed by atoms with E-state index in [2.05, 4.69) is 9.97 Å². The zero-order valence-electron chi connectivity index (χ0n) is 20.9. The number of hydrogen-bond donors (Lipinski definition) is 0. The molecule has 5 rings (SSSR count). The maximum Gasteiger partial charge on any atom is 0.433 e. The Labute approximate surface area is 237 Å². The highest BCUT2D eigenvalue weighted by Gasteiger charge is 2.35. The predicted molar refractivity (Wildman–Crippen MR) is 142 cm³/mol. The summed E-state index contributed by atoms with van der Waals surface area (Å²) in [6, 6.07) is 9.57. The molecule has 1 aromatic carbocycles. The van der Waals surface area contributed by atoms with Crippen molar-refractivity contribution in [2.75, 3.05) is 26.3 Å². The molecule has 1 saturated heterocycles. The Morgan fingerprint density at radius 3 is 2.42 bits per heavy atom. The van der Waals surface area contributed by atoms with Crippen LogP contribution in [0.4, 0.5) is 13.2 Å². The zero-order valence-corrected chi connectivity index (χ0v) is 23.2. The second-order valence-electron chi connectivity index (χ2n) is 9.11. The number of carbonyl (C=O) groups excluding carboxylic acids is 1. The highest BCUT2D eigenvalue weighted by atomic mass is 35.5. The van der Waals surface area contributed by atoms with Gasteiger partial charge in [-0.15, -0.1) is 0 Å². The van der Waals surface area contributed by atoms with Crippen molar-refractivity contribution in [3.8, 4) is 0 Å². The molecular weight excluding hydrogens is 592 g/mol. The second-order valence-corrected chi connectivity index (χ2v) is 11.7. The van der Waals surface area contributed by atoms with Crippen LogP contribution in [-0.4, -0.2) is 59.5 Å². The minimum atomic E-state index is -4.81. The fourth-order valence-corrected chi connectivity index (χ4v) is 6.57. The van der Waals surface area contributed by atoms with E-state index in [0.717, 1.165) is 10.0 Å². The van der Waals surface area contributed by atoms with Gasteiger partial charge in [0.05, 0.1) is 28.2 Å². The van der Waals surface area contributed by atoms with Crippen molar-refractivity contribution in [1.82, 2.24) is 18.8 Å². The van der Waals surface area contributed by atoms with Crippen molar-refractivity contribution in [3.05, 3.63) is 86.9 Å². The second kappa shape index (κ2) is 10.7. The lowest BCUT2D eigenvalue weighted by Crippen LogP contribution is -2.41. The number of carbonyl (C=O) groups is 1. The Morgan fingerprint density at radius 1 is 1.10 bits per heavy atom. The van der Waals surface area contributed by atoms with Gasteiger partial charge in [0.25, 0.3) is 15.9 Å². The lowest BCUT2D eigenvalue weighted by Gasteiger charge is -2.27. The molecule has 1 fully saturated rings. The van der Waals surface area contributed by atoms with Crippen molar-refractivity contribution in [2.45, 2.75) is 24.4 Å². The Balaban J connectivity index is 1.70. The number of aromatic nitrogens is 3. The van der Waals surface area contributed by atoms with E-state index in [9.17, 15) is 26.4 Å². The van der Waals surface area contributed by atoms with Gasteiger partial charge in [-0.2, -0.15) is 13.2 Å². The SMILES string of the molecule is Cc1cc(C(F)(F)F)nc2c1cc(Cc1c(Cl)cnc(C(=O)N3CCOCC3)c1Cl)n2S(=O)(=O)c1ccccc1. The number of ether oxygens (including phenoxy) is 1. The molecule has 0 radical (unpaired) electrons. The van der Waals surface area contributed by atoms with E-state index in [4.69, 9.17) is 27.9 Å². The number of nitrogens with zero attached hydrogens (tertiary/aromatic N) is 4. The van der Waals surface area contributed by atoms with Gasteiger partial charge in [-0.05, 0) is 42.3 Å². The molecule has 1 amide bonds. The van der Waals surface area contributed by atoms with E-state index in [-0.39, 0.29) is 49.3 Å². The van der Waals surface area contributed by atoms with Crippen LogP contribution in [0.1, 0.15) is 33.0 Å². The van der Waals surface area contributed by atoms with Crippen LogP contribution in [0.25, 0.3) is 11.0 Å². The number of rotatable bonds is 5. The molecule has 0 unspecified atom stereocenters. The van der Waals surface area contributed by atoms with Crippen LogP contribution in [-0.2, 0) is 27.4 Å². The third-order valence-electron chi connectivity index (χ3n) is 6.51. The third kappa shape index (κ3) is 5.16. The van der Waals surface area contributed by atoms with Crippen LogP contribution in [0.3, 0.4) is 0 Å². The standard InChI is InChI=1S/C26H21Cl2F3N4O4S/c1-15-11-21(26(29,30)31)33-24-18(15)12-16(35(24)40(37,38)17-5-3-2-4-6-17)13-19-20(27)14-32-23(22(19)28)25(36)34-7-9-39-10-8-34/h2-6,11-12,14H,7-10,13H2,1H3. The molecule has 4 heterocycles. The molecule has 0 N–H and O–H groups in total. The molecular formula is C26H21Cl2F3N4O4S. The minimum Gasteiger partial charge on any atom is -0.378 e. The normalized spacial score (nSPS) is 14.6. The number of aryl methyl sites for hydroxylation is 1. The van der Waals surface area contributed by atoms with Crippen molar-refractivity contribution >= 4 is 50.2 Å². The lowest BCUT2D eigenvalue weighted by atomic mass is 10.1. The number of amides is 1. The molecule has 4 aromatic rings. The Bertz CT molecular complexity index is 1720. The molecule has 1 aliphatic rings. The van der Waals surface area contributed by atoms with E-state index in [1.165, 1.54) is 48.4 Å². The third-order valence-corrected chi connectivity index (χ3v) is 9.00. The molecule has 0 saturated carbocycles. The molecule has 40 heavy (non-hydrogen) atoms. The Hall–Kier alpha value is -3.19. The predicted octanol–water partition coefficient (Wildman–Crippen LogP) is 5.37. The van der Waals surface area contributed by atoms with E-state index in [1.54, 1.807) is 6.07 Å². The number of alkyl halides is 3. The largest absolute Gasteiger partial charge is 0.433 e. The van der Waals surface area contributed by atoms with E-state index < -0.39 is 33.4 Å². The van der Waals surface area contributed by atoms with Crippen molar-refractivity contribution in [2.24, 2.45) is 0 Å². The molecule has 0 atom stereocenters. The van der Waals surface area contributed by atoms with Crippen LogP contribution in [0.5, 0.6) is 0 Å². The number of pyridine rings is 2. The first-order valence-corrected chi connectivity index (χ1v) is 14.2. The monoisotopic (exact) mass is 612 g/mol. The summed E-state index contributed by atoms with van der Waals surface area (Å²) in [5.41, 5.74) is -1.28. The fraction of sp³-hybridized carbons (Fsp3) is 0.269. The number of hydrogen-bond acceptors (Lipinski definition) is 6. The first kappa shape index (κ1) is 28.3. The Morgan fingerprint density at radius 2 is 1.77 bits per heavy atom. The molecule has 8 nitrogen and oxygen atoms in total. The smallest absolute Gasteiger partial charge is 0.378 e. The summed E-state index contributed by atoms with van der Waals surface area (Å²) in [4.78, 5) is 22.3. The van der Waals surface area contributed by atoms with Gasteiger partial charge in [-0.25, -0.2) is 22.4 Å². The summed E-state index contributed by atoms with van der Waals surface area (Å²) in [5, 5.41) is 0.171. The minimum absolute atomic E-state index is 0.0496. The molecule has 0 aliphatic carbocycles. The average Bonchev–Trinajstić information content (AvgIpc) is 3.31. The van der Waals surface area contributed by atoms with Gasteiger partial charge in [-0.3, -0.25) is 4.79 Å². The van der Waals surface area contributed by atoms with Gasteiger partial charge in [0.2, 0.25) is 0 Å².